The lowest BCUT2D eigenvalue weighted by Crippen LogP contribution is -2.57. The van der Waals surface area contributed by atoms with Gasteiger partial charge in [0.1, 0.15) is 5.82 Å². The number of nitrogens with zero attached hydrogens (tertiary/aromatic N) is 3. The summed E-state index contributed by atoms with van der Waals surface area (Å²) in [6.07, 6.45) is 0. The monoisotopic (exact) mass is 216 g/mol. The van der Waals surface area contributed by atoms with Crippen molar-refractivity contribution >= 4 is 5.82 Å². The van der Waals surface area contributed by atoms with Crippen LogP contribution in [0.2, 0.25) is 0 Å². The summed E-state index contributed by atoms with van der Waals surface area (Å²) in [5.41, 5.74) is 1.59. The Morgan fingerprint density at radius 3 is 2.81 bits per heavy atom. The molecule has 4 heteroatoms. The average molecular weight is 216 g/mol. The quantitative estimate of drug-likeness (QED) is 0.821. The largest absolute Gasteiger partial charge is 0.351 e. The Bertz CT molecular complexity index is 418. The lowest BCUT2D eigenvalue weighted by molar-refractivity contribution is 0.415. The first-order valence-electron chi connectivity index (χ1n) is 5.60. The van der Waals surface area contributed by atoms with Crippen LogP contribution in [-0.4, -0.2) is 30.7 Å². The first-order valence-corrected chi connectivity index (χ1v) is 5.60. The predicted octanol–water partition coefficient (Wildman–Crippen LogP) is 1.06. The smallest absolute Gasteiger partial charge is 0.130 e. The van der Waals surface area contributed by atoms with Crippen molar-refractivity contribution in [3.8, 4) is 6.07 Å². The zero-order valence-electron chi connectivity index (χ0n) is 9.70. The van der Waals surface area contributed by atoms with E-state index in [1.165, 1.54) is 0 Å². The van der Waals surface area contributed by atoms with Crippen LogP contribution in [-0.2, 0) is 0 Å². The van der Waals surface area contributed by atoms with Crippen LogP contribution < -0.4 is 10.2 Å². The summed E-state index contributed by atoms with van der Waals surface area (Å²) in [6.45, 7) is 6.98. The minimum absolute atomic E-state index is 0.519. The van der Waals surface area contributed by atoms with E-state index in [1.807, 2.05) is 19.1 Å². The molecule has 0 amide bonds. The molecular formula is C12H16N4. The number of aromatic nitrogens is 1. The maximum absolute atomic E-state index is 8.94. The van der Waals surface area contributed by atoms with Gasteiger partial charge in [-0.2, -0.15) is 5.26 Å². The van der Waals surface area contributed by atoms with Gasteiger partial charge < -0.3 is 10.2 Å². The second kappa shape index (κ2) is 4.50. The Hall–Kier alpha value is -1.60. The number of hydrogen-bond acceptors (Lipinski definition) is 4. The Morgan fingerprint density at radius 1 is 1.56 bits per heavy atom. The lowest BCUT2D eigenvalue weighted by Gasteiger charge is -2.38. The minimum atomic E-state index is 0.519. The number of nitrogens with one attached hydrogen (secondary N) is 1. The van der Waals surface area contributed by atoms with Gasteiger partial charge in [-0.3, -0.25) is 0 Å². The van der Waals surface area contributed by atoms with Crippen molar-refractivity contribution < 1.29 is 0 Å². The molecule has 0 bridgehead atoms. The van der Waals surface area contributed by atoms with Crippen molar-refractivity contribution in [2.45, 2.75) is 19.9 Å². The Kier molecular flexibility index (Phi) is 3.07. The van der Waals surface area contributed by atoms with E-state index in [0.717, 1.165) is 31.1 Å². The van der Waals surface area contributed by atoms with Crippen LogP contribution in [0, 0.1) is 18.3 Å². The number of likely N-dealkylation sites (N-methyl/N-ethyl adjacent to an activating group) is 1. The van der Waals surface area contributed by atoms with E-state index in [-0.39, 0.29) is 0 Å². The SMILES string of the molecule is CCN(c1cc(C#N)cc(C)n1)C1CNC1. The van der Waals surface area contributed by atoms with Crippen molar-refractivity contribution in [3.63, 3.8) is 0 Å². The molecule has 1 aromatic rings. The van der Waals surface area contributed by atoms with E-state index in [9.17, 15) is 0 Å². The number of aryl methyl sites for hydroxylation is 1. The maximum atomic E-state index is 8.94. The van der Waals surface area contributed by atoms with Crippen LogP contribution in [0.25, 0.3) is 0 Å². The molecule has 1 saturated heterocycles. The van der Waals surface area contributed by atoms with E-state index in [0.29, 0.717) is 11.6 Å². The van der Waals surface area contributed by atoms with Crippen LogP contribution in [0.1, 0.15) is 18.2 Å². The van der Waals surface area contributed by atoms with E-state index in [4.69, 9.17) is 5.26 Å². The number of nitriles is 1. The molecule has 1 fully saturated rings. The molecule has 1 aromatic heterocycles. The molecule has 0 radical (unpaired) electrons. The van der Waals surface area contributed by atoms with Gasteiger partial charge >= 0.3 is 0 Å². The van der Waals surface area contributed by atoms with Crippen molar-refractivity contribution in [2.24, 2.45) is 0 Å². The first kappa shape index (κ1) is 10.9. The van der Waals surface area contributed by atoms with Gasteiger partial charge in [0.15, 0.2) is 0 Å². The van der Waals surface area contributed by atoms with E-state index in [1.54, 1.807) is 0 Å². The normalized spacial score (nSPS) is 15.3. The summed E-state index contributed by atoms with van der Waals surface area (Å²) in [6, 6.07) is 6.38. The van der Waals surface area contributed by atoms with Crippen molar-refractivity contribution in [1.29, 1.82) is 5.26 Å². The summed E-state index contributed by atoms with van der Waals surface area (Å²) in [7, 11) is 0. The lowest BCUT2D eigenvalue weighted by atomic mass is 10.1. The minimum Gasteiger partial charge on any atom is -0.351 e. The Morgan fingerprint density at radius 2 is 2.31 bits per heavy atom. The van der Waals surface area contributed by atoms with Crippen molar-refractivity contribution in [2.75, 3.05) is 24.5 Å². The summed E-state index contributed by atoms with van der Waals surface area (Å²) in [5.74, 6) is 0.922. The molecule has 1 N–H and O–H groups in total. The second-order valence-electron chi connectivity index (χ2n) is 4.07. The van der Waals surface area contributed by atoms with Crippen LogP contribution in [0.5, 0.6) is 0 Å². The Labute approximate surface area is 95.9 Å². The number of anilines is 1. The molecule has 2 heterocycles. The molecule has 0 atom stereocenters. The second-order valence-corrected chi connectivity index (χ2v) is 4.07. The van der Waals surface area contributed by atoms with Crippen molar-refractivity contribution in [1.82, 2.24) is 10.3 Å². The third kappa shape index (κ3) is 2.00. The summed E-state index contributed by atoms with van der Waals surface area (Å²) in [5, 5.41) is 12.2. The predicted molar refractivity (Wildman–Crippen MR) is 63.4 cm³/mol. The fourth-order valence-electron chi connectivity index (χ4n) is 1.96. The zero-order chi connectivity index (χ0) is 11.5. The average Bonchev–Trinajstić information content (AvgIpc) is 2.22. The molecule has 0 aliphatic carbocycles. The fourth-order valence-corrected chi connectivity index (χ4v) is 1.96. The van der Waals surface area contributed by atoms with Crippen LogP contribution in [0.3, 0.4) is 0 Å². The molecule has 4 nitrogen and oxygen atoms in total. The highest BCUT2D eigenvalue weighted by molar-refractivity contribution is 5.48. The first-order chi connectivity index (χ1) is 7.74. The summed E-state index contributed by atoms with van der Waals surface area (Å²) < 4.78 is 0. The van der Waals surface area contributed by atoms with Gasteiger partial charge in [-0.05, 0) is 26.0 Å². The molecular weight excluding hydrogens is 200 g/mol. The van der Waals surface area contributed by atoms with Gasteiger partial charge in [0.2, 0.25) is 0 Å². The number of hydrogen-bond donors (Lipinski definition) is 1. The molecule has 1 aliphatic heterocycles. The highest BCUT2D eigenvalue weighted by atomic mass is 15.3. The molecule has 1 aliphatic rings. The van der Waals surface area contributed by atoms with Crippen LogP contribution in [0.4, 0.5) is 5.82 Å². The van der Waals surface area contributed by atoms with E-state index < -0.39 is 0 Å². The zero-order valence-corrected chi connectivity index (χ0v) is 9.70. The van der Waals surface area contributed by atoms with Crippen molar-refractivity contribution in [3.05, 3.63) is 23.4 Å². The molecule has 0 spiro atoms. The molecule has 0 saturated carbocycles. The molecule has 0 unspecified atom stereocenters. The molecule has 0 aromatic carbocycles. The van der Waals surface area contributed by atoms with Gasteiger partial charge in [0.25, 0.3) is 0 Å². The van der Waals surface area contributed by atoms with Crippen LogP contribution >= 0.6 is 0 Å². The number of rotatable bonds is 3. The molecule has 84 valence electrons. The molecule has 2 rings (SSSR count). The van der Waals surface area contributed by atoms with E-state index >= 15 is 0 Å². The molecule has 16 heavy (non-hydrogen) atoms. The number of pyridine rings is 1. The third-order valence-corrected chi connectivity index (χ3v) is 2.90. The van der Waals surface area contributed by atoms with Gasteiger partial charge in [0.05, 0.1) is 17.7 Å². The third-order valence-electron chi connectivity index (χ3n) is 2.90. The highest BCUT2D eigenvalue weighted by Crippen LogP contribution is 2.18. The Balaban J connectivity index is 2.30. The van der Waals surface area contributed by atoms with Gasteiger partial charge in [0, 0.05) is 25.3 Å². The summed E-state index contributed by atoms with van der Waals surface area (Å²) >= 11 is 0. The highest BCUT2D eigenvalue weighted by Gasteiger charge is 2.24. The maximum Gasteiger partial charge on any atom is 0.130 e. The van der Waals surface area contributed by atoms with Gasteiger partial charge in [-0.1, -0.05) is 0 Å². The standard InChI is InChI=1S/C12H16N4/c1-3-16(11-7-14-8-11)12-5-10(6-13)4-9(2)15-12/h4-5,11,14H,3,7-8H2,1-2H3. The van der Waals surface area contributed by atoms with Gasteiger partial charge in [-0.25, -0.2) is 4.98 Å². The van der Waals surface area contributed by atoms with Gasteiger partial charge in [-0.15, -0.1) is 0 Å². The van der Waals surface area contributed by atoms with E-state index in [2.05, 4.69) is 28.2 Å². The fraction of sp³-hybridized carbons (Fsp3) is 0.500. The summed E-state index contributed by atoms with van der Waals surface area (Å²) in [4.78, 5) is 6.76. The van der Waals surface area contributed by atoms with Crippen LogP contribution in [0.15, 0.2) is 12.1 Å². The topological polar surface area (TPSA) is 52.0 Å².